The fraction of sp³-hybridized carbons (Fsp3) is 0.455. The van der Waals surface area contributed by atoms with Gasteiger partial charge in [0.15, 0.2) is 0 Å². The fourth-order valence-corrected chi connectivity index (χ4v) is 1.49. The van der Waals surface area contributed by atoms with Crippen LogP contribution in [0.5, 0.6) is 0 Å². The molecule has 6 nitrogen and oxygen atoms in total. The molecule has 1 rings (SSSR count). The molecule has 1 aromatic heterocycles. The van der Waals surface area contributed by atoms with E-state index >= 15 is 0 Å². The zero-order valence-corrected chi connectivity index (χ0v) is 10.1. The normalized spacial score (nSPS) is 10.0. The Hall–Kier alpha value is -1.98. The number of nitrogen functional groups attached to an aromatic ring is 1. The van der Waals surface area contributed by atoms with Crippen LogP contribution in [0.2, 0.25) is 0 Å². The van der Waals surface area contributed by atoms with Gasteiger partial charge in [-0.25, -0.2) is 0 Å². The first-order chi connectivity index (χ1) is 8.08. The Morgan fingerprint density at radius 1 is 1.47 bits per heavy atom. The lowest BCUT2D eigenvalue weighted by atomic mass is 10.3. The summed E-state index contributed by atoms with van der Waals surface area (Å²) in [5, 5.41) is 4.97. The first-order valence-corrected chi connectivity index (χ1v) is 5.53. The number of amides is 2. The maximum Gasteiger partial charge on any atom is 0.268 e. The van der Waals surface area contributed by atoms with Crippen LogP contribution in [0.1, 0.15) is 23.8 Å². The van der Waals surface area contributed by atoms with Crippen molar-refractivity contribution in [1.82, 2.24) is 15.2 Å². The number of hydrogen-bond acceptors (Lipinski definition) is 3. The van der Waals surface area contributed by atoms with E-state index in [1.807, 2.05) is 6.92 Å². The molecule has 0 aliphatic heterocycles. The highest BCUT2D eigenvalue weighted by Crippen LogP contribution is 2.11. The number of aryl methyl sites for hydroxylation is 1. The molecule has 2 amide bonds. The number of rotatable bonds is 5. The van der Waals surface area contributed by atoms with Crippen molar-refractivity contribution in [3.05, 3.63) is 18.0 Å². The second-order valence-corrected chi connectivity index (χ2v) is 3.71. The van der Waals surface area contributed by atoms with Crippen molar-refractivity contribution in [2.75, 3.05) is 19.3 Å². The topological polar surface area (TPSA) is 89.2 Å². The van der Waals surface area contributed by atoms with Crippen molar-refractivity contribution >= 4 is 17.5 Å². The third-order valence-corrected chi connectivity index (χ3v) is 2.30. The smallest absolute Gasteiger partial charge is 0.268 e. The molecule has 1 heterocycles. The number of aromatic nitrogens is 1. The standard InChI is InChI=1S/C11H18N4O2/c1-3-4-15-7-8(12)5-9(15)11(17)14-6-10(16)13-2/h5,7H,3-4,6,12H2,1-2H3,(H,13,16)(H,14,17). The van der Waals surface area contributed by atoms with Crippen LogP contribution in [0.25, 0.3) is 0 Å². The number of carbonyl (C=O) groups is 2. The van der Waals surface area contributed by atoms with E-state index in [9.17, 15) is 9.59 Å². The number of carbonyl (C=O) groups excluding carboxylic acids is 2. The highest BCUT2D eigenvalue weighted by Gasteiger charge is 2.12. The maximum atomic E-state index is 11.8. The van der Waals surface area contributed by atoms with Crippen LogP contribution in [-0.4, -0.2) is 30.0 Å². The van der Waals surface area contributed by atoms with Gasteiger partial charge >= 0.3 is 0 Å². The van der Waals surface area contributed by atoms with Gasteiger partial charge in [0.1, 0.15) is 5.69 Å². The zero-order chi connectivity index (χ0) is 12.8. The van der Waals surface area contributed by atoms with Crippen LogP contribution in [-0.2, 0) is 11.3 Å². The number of anilines is 1. The second kappa shape index (κ2) is 5.93. The first kappa shape index (κ1) is 13.1. The van der Waals surface area contributed by atoms with Gasteiger partial charge in [0.2, 0.25) is 5.91 Å². The summed E-state index contributed by atoms with van der Waals surface area (Å²) < 4.78 is 1.79. The minimum Gasteiger partial charge on any atom is -0.397 e. The van der Waals surface area contributed by atoms with Gasteiger partial charge in [-0.3, -0.25) is 9.59 Å². The van der Waals surface area contributed by atoms with Crippen molar-refractivity contribution in [1.29, 1.82) is 0 Å². The lowest BCUT2D eigenvalue weighted by Crippen LogP contribution is -2.35. The Kier molecular flexibility index (Phi) is 4.56. The van der Waals surface area contributed by atoms with Gasteiger partial charge in [-0.1, -0.05) is 6.92 Å². The third kappa shape index (κ3) is 3.51. The number of nitrogens with zero attached hydrogens (tertiary/aromatic N) is 1. The monoisotopic (exact) mass is 238 g/mol. The largest absolute Gasteiger partial charge is 0.397 e. The molecule has 0 radical (unpaired) electrons. The summed E-state index contributed by atoms with van der Waals surface area (Å²) in [5.74, 6) is -0.529. The van der Waals surface area contributed by atoms with Crippen LogP contribution in [0.15, 0.2) is 12.3 Å². The Labute approximate surface area is 100 Å². The molecule has 0 aliphatic rings. The Bertz CT molecular complexity index is 412. The van der Waals surface area contributed by atoms with Crippen molar-refractivity contribution in [3.8, 4) is 0 Å². The van der Waals surface area contributed by atoms with Gasteiger partial charge in [-0.15, -0.1) is 0 Å². The summed E-state index contributed by atoms with van der Waals surface area (Å²) in [6.45, 7) is 2.70. The van der Waals surface area contributed by atoms with E-state index in [0.717, 1.165) is 13.0 Å². The van der Waals surface area contributed by atoms with E-state index in [2.05, 4.69) is 10.6 Å². The van der Waals surface area contributed by atoms with Crippen LogP contribution in [0, 0.1) is 0 Å². The molecule has 94 valence electrons. The summed E-state index contributed by atoms with van der Waals surface area (Å²) in [4.78, 5) is 22.8. The summed E-state index contributed by atoms with van der Waals surface area (Å²) in [5.41, 5.74) is 6.67. The van der Waals surface area contributed by atoms with Crippen molar-refractivity contribution in [2.45, 2.75) is 19.9 Å². The van der Waals surface area contributed by atoms with E-state index in [0.29, 0.717) is 11.4 Å². The molecule has 0 fully saturated rings. The van der Waals surface area contributed by atoms with Gasteiger partial charge in [0.25, 0.3) is 5.91 Å². The van der Waals surface area contributed by atoms with Crippen LogP contribution < -0.4 is 16.4 Å². The zero-order valence-electron chi connectivity index (χ0n) is 10.1. The molecule has 0 atom stereocenters. The predicted molar refractivity (Wildman–Crippen MR) is 65.5 cm³/mol. The fourth-order valence-electron chi connectivity index (χ4n) is 1.49. The molecule has 1 aromatic rings. The van der Waals surface area contributed by atoms with Crippen molar-refractivity contribution in [3.63, 3.8) is 0 Å². The average Bonchev–Trinajstić information content (AvgIpc) is 2.67. The van der Waals surface area contributed by atoms with Gasteiger partial charge in [0, 0.05) is 19.8 Å². The van der Waals surface area contributed by atoms with E-state index in [-0.39, 0.29) is 18.4 Å². The van der Waals surface area contributed by atoms with Gasteiger partial charge in [-0.2, -0.15) is 0 Å². The lowest BCUT2D eigenvalue weighted by Gasteiger charge is -2.07. The first-order valence-electron chi connectivity index (χ1n) is 5.53. The summed E-state index contributed by atoms with van der Waals surface area (Å²) in [7, 11) is 1.52. The van der Waals surface area contributed by atoms with Gasteiger partial charge in [-0.05, 0) is 12.5 Å². The van der Waals surface area contributed by atoms with E-state index in [1.54, 1.807) is 16.8 Å². The SMILES string of the molecule is CCCn1cc(N)cc1C(=O)NCC(=O)NC. The minimum absolute atomic E-state index is 0.0352. The molecular formula is C11H18N4O2. The molecular weight excluding hydrogens is 220 g/mol. The molecule has 0 saturated carbocycles. The third-order valence-electron chi connectivity index (χ3n) is 2.30. The molecule has 6 heteroatoms. The predicted octanol–water partition coefficient (Wildman–Crippen LogP) is -0.0439. The Morgan fingerprint density at radius 2 is 2.18 bits per heavy atom. The minimum atomic E-state index is -0.293. The molecule has 0 unspecified atom stereocenters. The molecule has 0 aliphatic carbocycles. The Balaban J connectivity index is 2.70. The lowest BCUT2D eigenvalue weighted by molar-refractivity contribution is -0.119. The molecule has 0 spiro atoms. The summed E-state index contributed by atoms with van der Waals surface area (Å²) in [6.07, 6.45) is 2.63. The second-order valence-electron chi connectivity index (χ2n) is 3.71. The van der Waals surface area contributed by atoms with Crippen LogP contribution in [0.3, 0.4) is 0 Å². The number of likely N-dealkylation sites (N-methyl/N-ethyl adjacent to an activating group) is 1. The quantitative estimate of drug-likeness (QED) is 0.672. The Morgan fingerprint density at radius 3 is 2.76 bits per heavy atom. The van der Waals surface area contributed by atoms with Gasteiger partial charge < -0.3 is 20.9 Å². The highest BCUT2D eigenvalue weighted by molar-refractivity contribution is 5.96. The van der Waals surface area contributed by atoms with Gasteiger partial charge in [0.05, 0.1) is 12.2 Å². The van der Waals surface area contributed by atoms with E-state index < -0.39 is 0 Å². The molecule has 0 bridgehead atoms. The average molecular weight is 238 g/mol. The summed E-state index contributed by atoms with van der Waals surface area (Å²) in [6, 6.07) is 1.61. The molecule has 0 aromatic carbocycles. The van der Waals surface area contributed by atoms with E-state index in [4.69, 9.17) is 5.73 Å². The number of nitrogens with one attached hydrogen (secondary N) is 2. The van der Waals surface area contributed by atoms with Crippen molar-refractivity contribution < 1.29 is 9.59 Å². The summed E-state index contributed by atoms with van der Waals surface area (Å²) >= 11 is 0. The number of nitrogens with two attached hydrogens (primary N) is 1. The maximum absolute atomic E-state index is 11.8. The molecule has 17 heavy (non-hydrogen) atoms. The molecule has 0 saturated heterocycles. The molecule has 4 N–H and O–H groups in total. The highest BCUT2D eigenvalue weighted by atomic mass is 16.2. The van der Waals surface area contributed by atoms with E-state index in [1.165, 1.54) is 7.05 Å². The van der Waals surface area contributed by atoms with Crippen molar-refractivity contribution in [2.24, 2.45) is 0 Å². The number of hydrogen-bond donors (Lipinski definition) is 3. The van der Waals surface area contributed by atoms with Crippen LogP contribution in [0.4, 0.5) is 5.69 Å². The van der Waals surface area contributed by atoms with Crippen LogP contribution >= 0.6 is 0 Å².